The molecule has 1 aromatic carbocycles. The highest BCUT2D eigenvalue weighted by atomic mass is 17.2. The second kappa shape index (κ2) is 9.09. The van der Waals surface area contributed by atoms with Crippen molar-refractivity contribution in [1.82, 2.24) is 9.80 Å². The highest BCUT2D eigenvalue weighted by Crippen LogP contribution is 2.43. The first-order valence-electron chi connectivity index (χ1n) is 11.1. The van der Waals surface area contributed by atoms with Crippen molar-refractivity contribution in [2.24, 2.45) is 10.8 Å². The molecule has 1 saturated heterocycles. The van der Waals surface area contributed by atoms with Crippen LogP contribution in [0, 0.1) is 10.8 Å². The van der Waals surface area contributed by atoms with Gasteiger partial charge in [0, 0.05) is 13.1 Å². The molecule has 170 valence electrons. The fourth-order valence-electron chi connectivity index (χ4n) is 4.17. The third-order valence-electron chi connectivity index (χ3n) is 6.93. The number of hydrogen-bond acceptors (Lipinski definition) is 5. The highest BCUT2D eigenvalue weighted by molar-refractivity contribution is 6.21. The van der Waals surface area contributed by atoms with E-state index in [-0.39, 0.29) is 30.3 Å². The molecular weight excluding hydrogens is 396 g/mol. The van der Waals surface area contributed by atoms with Gasteiger partial charge >= 0.3 is 0 Å². The summed E-state index contributed by atoms with van der Waals surface area (Å²) < 4.78 is 0. The number of amides is 3. The van der Waals surface area contributed by atoms with Crippen LogP contribution >= 0.6 is 0 Å². The number of nitrogens with zero attached hydrogens (tertiary/aromatic N) is 2. The minimum absolute atomic E-state index is 0.00991. The van der Waals surface area contributed by atoms with Crippen LogP contribution in [-0.4, -0.2) is 59.9 Å². The predicted octanol–water partition coefficient (Wildman–Crippen LogP) is 3.68. The molecule has 1 aromatic rings. The molecule has 0 spiro atoms. The summed E-state index contributed by atoms with van der Waals surface area (Å²) in [6.07, 6.45) is 2.66. The lowest BCUT2D eigenvalue weighted by Gasteiger charge is -2.44. The van der Waals surface area contributed by atoms with Gasteiger partial charge in [0.2, 0.25) is 5.91 Å². The van der Waals surface area contributed by atoms with E-state index < -0.39 is 10.8 Å². The molecule has 0 bridgehead atoms. The van der Waals surface area contributed by atoms with Gasteiger partial charge in [0.25, 0.3) is 11.8 Å². The molecule has 7 heteroatoms. The number of imide groups is 1. The van der Waals surface area contributed by atoms with E-state index in [0.29, 0.717) is 30.9 Å². The van der Waals surface area contributed by atoms with E-state index in [1.54, 1.807) is 24.3 Å². The van der Waals surface area contributed by atoms with Crippen molar-refractivity contribution < 1.29 is 24.2 Å². The maximum Gasteiger partial charge on any atom is 0.261 e. The molecule has 7 nitrogen and oxygen atoms in total. The Morgan fingerprint density at radius 1 is 1.06 bits per heavy atom. The zero-order chi connectivity index (χ0) is 22.8. The first-order valence-corrected chi connectivity index (χ1v) is 11.1. The third-order valence-corrected chi connectivity index (χ3v) is 6.93. The van der Waals surface area contributed by atoms with E-state index in [0.717, 1.165) is 19.3 Å². The lowest BCUT2D eigenvalue weighted by Crippen LogP contribution is -2.54. The van der Waals surface area contributed by atoms with Gasteiger partial charge in [0.15, 0.2) is 0 Å². The summed E-state index contributed by atoms with van der Waals surface area (Å²) in [7, 11) is 0. The first kappa shape index (κ1) is 23.4. The molecule has 1 unspecified atom stereocenters. The van der Waals surface area contributed by atoms with Crippen molar-refractivity contribution in [2.45, 2.75) is 59.9 Å². The van der Waals surface area contributed by atoms with Crippen LogP contribution in [0.1, 0.15) is 74.6 Å². The Hall–Kier alpha value is -2.25. The highest BCUT2D eigenvalue weighted by Gasteiger charge is 2.50. The monoisotopic (exact) mass is 430 g/mol. The normalized spacial score (nSPS) is 19.3. The summed E-state index contributed by atoms with van der Waals surface area (Å²) in [5, 5.41) is 0. The van der Waals surface area contributed by atoms with Gasteiger partial charge in [-0.3, -0.25) is 19.3 Å². The average Bonchev–Trinajstić information content (AvgIpc) is 3.29. The summed E-state index contributed by atoms with van der Waals surface area (Å²) in [6, 6.07) is 6.83. The van der Waals surface area contributed by atoms with Crippen LogP contribution in [0.25, 0.3) is 0 Å². The van der Waals surface area contributed by atoms with Crippen LogP contribution in [0.4, 0.5) is 0 Å². The van der Waals surface area contributed by atoms with E-state index in [4.69, 9.17) is 9.78 Å². The standard InChI is InChI=1S/C24H34N2O5/c1-6-14-30-31-15-17-10-9-13-25(17)22(29)24(4,5)23(2,3)16-26-20(27)18-11-7-8-12-19(18)21(26)28/h7-8,11-12,17H,6,9-10,13-16H2,1-5H3. The molecule has 2 aliphatic heterocycles. The van der Waals surface area contributed by atoms with E-state index >= 15 is 0 Å². The van der Waals surface area contributed by atoms with Gasteiger partial charge in [0.05, 0.1) is 29.2 Å². The number of benzene rings is 1. The largest absolute Gasteiger partial charge is 0.337 e. The zero-order valence-electron chi connectivity index (χ0n) is 19.3. The Morgan fingerprint density at radius 3 is 2.26 bits per heavy atom. The predicted molar refractivity (Wildman–Crippen MR) is 116 cm³/mol. The molecule has 2 heterocycles. The van der Waals surface area contributed by atoms with Crippen LogP contribution in [0.15, 0.2) is 24.3 Å². The molecule has 1 fully saturated rings. The molecule has 3 amide bonds. The molecule has 3 rings (SSSR count). The SMILES string of the molecule is CCCOOCC1CCCN1C(=O)C(C)(C)C(C)(C)CN1C(=O)c2ccccc2C1=O. The van der Waals surface area contributed by atoms with Gasteiger partial charge in [0.1, 0.15) is 6.61 Å². The molecule has 0 N–H and O–H groups in total. The molecule has 0 saturated carbocycles. The van der Waals surface area contributed by atoms with Gasteiger partial charge in [-0.05, 0) is 36.8 Å². The molecule has 31 heavy (non-hydrogen) atoms. The smallest absolute Gasteiger partial charge is 0.261 e. The molecule has 1 atom stereocenters. The van der Waals surface area contributed by atoms with E-state index in [9.17, 15) is 14.4 Å². The van der Waals surface area contributed by atoms with E-state index in [1.165, 1.54) is 4.90 Å². The Kier molecular flexibility index (Phi) is 6.86. The van der Waals surface area contributed by atoms with Crippen molar-refractivity contribution in [2.75, 3.05) is 26.3 Å². The second-order valence-electron chi connectivity index (χ2n) is 9.65. The zero-order valence-corrected chi connectivity index (χ0v) is 19.3. The van der Waals surface area contributed by atoms with Crippen molar-refractivity contribution in [3.8, 4) is 0 Å². The number of hydrogen-bond donors (Lipinski definition) is 0. The lowest BCUT2D eigenvalue weighted by atomic mass is 9.66. The summed E-state index contributed by atoms with van der Waals surface area (Å²) >= 11 is 0. The van der Waals surface area contributed by atoms with Crippen LogP contribution in [0.5, 0.6) is 0 Å². The van der Waals surface area contributed by atoms with Gasteiger partial charge < -0.3 is 4.90 Å². The van der Waals surface area contributed by atoms with Crippen molar-refractivity contribution in [3.63, 3.8) is 0 Å². The quantitative estimate of drug-likeness (QED) is 0.259. The Labute approximate surface area is 184 Å². The topological polar surface area (TPSA) is 76.2 Å². The van der Waals surface area contributed by atoms with Crippen LogP contribution in [0.3, 0.4) is 0 Å². The minimum atomic E-state index is -0.796. The fourth-order valence-corrected chi connectivity index (χ4v) is 4.17. The number of rotatable bonds is 9. The Balaban J connectivity index is 1.72. The maximum atomic E-state index is 13.6. The number of likely N-dealkylation sites (tertiary alicyclic amines) is 1. The van der Waals surface area contributed by atoms with Crippen LogP contribution in [-0.2, 0) is 14.6 Å². The molecule has 2 aliphatic rings. The van der Waals surface area contributed by atoms with Crippen LogP contribution in [0.2, 0.25) is 0 Å². The third kappa shape index (κ3) is 4.39. The summed E-state index contributed by atoms with van der Waals surface area (Å²) in [4.78, 5) is 52.9. The van der Waals surface area contributed by atoms with Gasteiger partial charge in [-0.2, -0.15) is 0 Å². The summed E-state index contributed by atoms with van der Waals surface area (Å²) in [5.41, 5.74) is -0.577. The molecular formula is C24H34N2O5. The summed E-state index contributed by atoms with van der Waals surface area (Å²) in [5.74, 6) is -0.578. The van der Waals surface area contributed by atoms with Gasteiger partial charge in [-0.1, -0.05) is 46.8 Å². The second-order valence-corrected chi connectivity index (χ2v) is 9.65. The fraction of sp³-hybridized carbons (Fsp3) is 0.625. The van der Waals surface area contributed by atoms with E-state index in [1.807, 2.05) is 39.5 Å². The lowest BCUT2D eigenvalue weighted by molar-refractivity contribution is -0.300. The molecule has 0 radical (unpaired) electrons. The number of carbonyl (C=O) groups is 3. The van der Waals surface area contributed by atoms with Crippen molar-refractivity contribution >= 4 is 17.7 Å². The Morgan fingerprint density at radius 2 is 1.68 bits per heavy atom. The van der Waals surface area contributed by atoms with Crippen molar-refractivity contribution in [3.05, 3.63) is 35.4 Å². The van der Waals surface area contributed by atoms with E-state index in [2.05, 4.69) is 0 Å². The van der Waals surface area contributed by atoms with Gasteiger partial charge in [-0.25, -0.2) is 9.78 Å². The maximum absolute atomic E-state index is 13.6. The van der Waals surface area contributed by atoms with Crippen LogP contribution < -0.4 is 0 Å². The minimum Gasteiger partial charge on any atom is -0.337 e. The number of carbonyl (C=O) groups excluding carboxylic acids is 3. The number of fused-ring (bicyclic) bond motifs is 1. The van der Waals surface area contributed by atoms with Gasteiger partial charge in [-0.15, -0.1) is 0 Å². The molecule has 0 aliphatic carbocycles. The average molecular weight is 431 g/mol. The Bertz CT molecular complexity index is 813. The van der Waals surface area contributed by atoms with Crippen molar-refractivity contribution in [1.29, 1.82) is 0 Å². The molecule has 0 aromatic heterocycles. The first-order chi connectivity index (χ1) is 14.6. The summed E-state index contributed by atoms with van der Waals surface area (Å²) in [6.45, 7) is 11.4.